The first-order valence-corrected chi connectivity index (χ1v) is 5.98. The number of benzene rings is 1. The first kappa shape index (κ1) is 10.6. The lowest BCUT2D eigenvalue weighted by atomic mass is 9.97. The van der Waals surface area contributed by atoms with E-state index in [0.717, 1.165) is 25.1 Å². The Morgan fingerprint density at radius 3 is 2.88 bits per heavy atom. The smallest absolute Gasteiger partial charge is 0.339 e. The fraction of sp³-hybridized carbons (Fsp3) is 0.462. The molecule has 1 unspecified atom stereocenters. The van der Waals surface area contributed by atoms with E-state index in [9.17, 15) is 4.79 Å². The van der Waals surface area contributed by atoms with E-state index in [-0.39, 0.29) is 5.56 Å². The van der Waals surface area contributed by atoms with Gasteiger partial charge in [-0.15, -0.1) is 0 Å². The van der Waals surface area contributed by atoms with Crippen LogP contribution in [0.5, 0.6) is 5.75 Å². The van der Waals surface area contributed by atoms with E-state index in [2.05, 4.69) is 4.90 Å². The van der Waals surface area contributed by atoms with Gasteiger partial charge in [-0.2, -0.15) is 0 Å². The molecule has 17 heavy (non-hydrogen) atoms. The summed E-state index contributed by atoms with van der Waals surface area (Å²) in [6, 6.07) is 5.78. The molecular formula is C13H15NO3. The third-order valence-corrected chi connectivity index (χ3v) is 3.61. The molecule has 4 nitrogen and oxygen atoms in total. The van der Waals surface area contributed by atoms with Crippen molar-refractivity contribution in [1.29, 1.82) is 0 Å². The lowest BCUT2D eigenvalue weighted by Gasteiger charge is -2.40. The summed E-state index contributed by atoms with van der Waals surface area (Å²) in [5, 5.41) is 9.08. The second-order valence-electron chi connectivity index (χ2n) is 4.66. The summed E-state index contributed by atoms with van der Waals surface area (Å²) in [4.78, 5) is 13.5. The molecule has 0 amide bonds. The molecule has 0 aliphatic carbocycles. The van der Waals surface area contributed by atoms with Crippen molar-refractivity contribution < 1.29 is 14.6 Å². The largest absolute Gasteiger partial charge is 0.491 e. The van der Waals surface area contributed by atoms with E-state index in [4.69, 9.17) is 9.84 Å². The van der Waals surface area contributed by atoms with Crippen LogP contribution in [0.25, 0.3) is 0 Å². The van der Waals surface area contributed by atoms with Crippen LogP contribution in [0.4, 0.5) is 0 Å². The Kier molecular flexibility index (Phi) is 2.52. The zero-order chi connectivity index (χ0) is 11.8. The number of ether oxygens (including phenoxy) is 1. The van der Waals surface area contributed by atoms with E-state index in [1.165, 1.54) is 6.42 Å². The van der Waals surface area contributed by atoms with Crippen LogP contribution >= 0.6 is 0 Å². The zero-order valence-electron chi connectivity index (χ0n) is 9.56. The van der Waals surface area contributed by atoms with E-state index < -0.39 is 5.97 Å². The number of carboxylic acids is 1. The number of para-hydroxylation sites is 1. The maximum Gasteiger partial charge on any atom is 0.339 e. The summed E-state index contributed by atoms with van der Waals surface area (Å²) in [6.45, 7) is 2.89. The minimum atomic E-state index is -0.913. The number of hydrogen-bond acceptors (Lipinski definition) is 3. The average Bonchev–Trinajstić information content (AvgIpc) is 2.25. The Morgan fingerprint density at radius 2 is 2.24 bits per heavy atom. The number of aromatic carboxylic acids is 1. The quantitative estimate of drug-likeness (QED) is 0.838. The molecule has 4 heteroatoms. The molecule has 1 aromatic carbocycles. The lowest BCUT2D eigenvalue weighted by molar-refractivity contribution is 0.0630. The van der Waals surface area contributed by atoms with Gasteiger partial charge in [0.05, 0.1) is 0 Å². The van der Waals surface area contributed by atoms with Gasteiger partial charge in [0.15, 0.2) is 0 Å². The maximum absolute atomic E-state index is 11.1. The first-order valence-electron chi connectivity index (χ1n) is 5.98. The van der Waals surface area contributed by atoms with Gasteiger partial charge in [0, 0.05) is 6.04 Å². The van der Waals surface area contributed by atoms with E-state index in [1.54, 1.807) is 12.1 Å². The Morgan fingerprint density at radius 1 is 1.41 bits per heavy atom. The second-order valence-corrected chi connectivity index (χ2v) is 4.66. The Bertz CT molecular complexity index is 454. The fourth-order valence-electron chi connectivity index (χ4n) is 2.52. The Balaban J connectivity index is 1.87. The number of likely N-dealkylation sites (tertiary alicyclic amines) is 1. The van der Waals surface area contributed by atoms with Gasteiger partial charge < -0.3 is 9.84 Å². The molecule has 1 fully saturated rings. The first-order chi connectivity index (χ1) is 8.25. The maximum atomic E-state index is 11.1. The molecule has 0 spiro atoms. The molecule has 1 N–H and O–H groups in total. The summed E-state index contributed by atoms with van der Waals surface area (Å²) >= 11 is 0. The summed E-state index contributed by atoms with van der Waals surface area (Å²) < 4.78 is 5.66. The standard InChI is InChI=1S/C13H15NO3/c15-13(16)11-4-1-3-9-7-10(8-17-12(9)11)14-5-2-6-14/h1,3-4,10H,2,5-8H2,(H,15,16). The van der Waals surface area contributed by atoms with Gasteiger partial charge in [-0.3, -0.25) is 4.90 Å². The van der Waals surface area contributed by atoms with Crippen molar-refractivity contribution in [3.8, 4) is 5.75 Å². The average molecular weight is 233 g/mol. The van der Waals surface area contributed by atoms with E-state index >= 15 is 0 Å². The SMILES string of the molecule is O=C(O)c1cccc2c1OCC(N1CCC1)C2. The molecule has 0 bridgehead atoms. The topological polar surface area (TPSA) is 49.8 Å². The molecule has 1 aromatic rings. The molecule has 90 valence electrons. The van der Waals surface area contributed by atoms with Crippen LogP contribution in [0, 0.1) is 0 Å². The molecule has 2 heterocycles. The summed E-state index contributed by atoms with van der Waals surface area (Å²) in [5.74, 6) is -0.346. The molecule has 2 aliphatic rings. The molecule has 0 radical (unpaired) electrons. The highest BCUT2D eigenvalue weighted by Gasteiger charge is 2.30. The predicted molar refractivity (Wildman–Crippen MR) is 62.6 cm³/mol. The van der Waals surface area contributed by atoms with Crippen LogP contribution in [0.1, 0.15) is 22.3 Å². The Labute approximate surface area is 99.8 Å². The van der Waals surface area contributed by atoms with Gasteiger partial charge in [0.2, 0.25) is 0 Å². The molecule has 0 aromatic heterocycles. The van der Waals surface area contributed by atoms with Gasteiger partial charge in [0.1, 0.15) is 17.9 Å². The third kappa shape index (κ3) is 1.78. The number of hydrogen-bond donors (Lipinski definition) is 1. The van der Waals surface area contributed by atoms with Gasteiger partial charge in [-0.05, 0) is 37.6 Å². The lowest BCUT2D eigenvalue weighted by Crippen LogP contribution is -2.50. The van der Waals surface area contributed by atoms with Gasteiger partial charge in [-0.25, -0.2) is 4.79 Å². The molecular weight excluding hydrogens is 218 g/mol. The summed E-state index contributed by atoms with van der Waals surface area (Å²) in [7, 11) is 0. The number of rotatable bonds is 2. The van der Waals surface area contributed by atoms with Crippen molar-refractivity contribution in [2.45, 2.75) is 18.9 Å². The van der Waals surface area contributed by atoms with Crippen LogP contribution in [-0.4, -0.2) is 41.7 Å². The highest BCUT2D eigenvalue weighted by molar-refractivity contribution is 5.91. The number of carbonyl (C=O) groups is 1. The molecule has 0 saturated carbocycles. The van der Waals surface area contributed by atoms with Crippen molar-refractivity contribution in [1.82, 2.24) is 4.90 Å². The van der Waals surface area contributed by atoms with Crippen LogP contribution < -0.4 is 4.74 Å². The summed E-state index contributed by atoms with van der Waals surface area (Å²) in [6.07, 6.45) is 2.16. The van der Waals surface area contributed by atoms with Crippen molar-refractivity contribution >= 4 is 5.97 Å². The Hall–Kier alpha value is -1.55. The van der Waals surface area contributed by atoms with Gasteiger partial charge >= 0.3 is 5.97 Å². The normalized spacial score (nSPS) is 23.4. The fourth-order valence-corrected chi connectivity index (χ4v) is 2.52. The summed E-state index contributed by atoms with van der Waals surface area (Å²) in [5.41, 5.74) is 1.30. The molecule has 2 aliphatic heterocycles. The molecule has 1 saturated heterocycles. The number of nitrogens with zero attached hydrogens (tertiary/aromatic N) is 1. The van der Waals surface area contributed by atoms with Crippen molar-refractivity contribution in [3.63, 3.8) is 0 Å². The molecule has 1 atom stereocenters. The van der Waals surface area contributed by atoms with Crippen molar-refractivity contribution in [2.24, 2.45) is 0 Å². The van der Waals surface area contributed by atoms with Gasteiger partial charge in [-0.1, -0.05) is 12.1 Å². The van der Waals surface area contributed by atoms with Crippen molar-refractivity contribution in [3.05, 3.63) is 29.3 Å². The minimum Gasteiger partial charge on any atom is -0.491 e. The monoisotopic (exact) mass is 233 g/mol. The highest BCUT2D eigenvalue weighted by atomic mass is 16.5. The van der Waals surface area contributed by atoms with Crippen LogP contribution in [-0.2, 0) is 6.42 Å². The van der Waals surface area contributed by atoms with Gasteiger partial charge in [0.25, 0.3) is 0 Å². The van der Waals surface area contributed by atoms with Crippen molar-refractivity contribution in [2.75, 3.05) is 19.7 Å². The number of fused-ring (bicyclic) bond motifs is 1. The van der Waals surface area contributed by atoms with E-state index in [0.29, 0.717) is 18.4 Å². The van der Waals surface area contributed by atoms with Crippen LogP contribution in [0.15, 0.2) is 18.2 Å². The zero-order valence-corrected chi connectivity index (χ0v) is 9.56. The minimum absolute atomic E-state index is 0.282. The van der Waals surface area contributed by atoms with Crippen LogP contribution in [0.2, 0.25) is 0 Å². The van der Waals surface area contributed by atoms with E-state index in [1.807, 2.05) is 6.07 Å². The highest BCUT2D eigenvalue weighted by Crippen LogP contribution is 2.31. The van der Waals surface area contributed by atoms with Crippen LogP contribution in [0.3, 0.4) is 0 Å². The number of carboxylic acid groups (broad SMARTS) is 1. The third-order valence-electron chi connectivity index (χ3n) is 3.61. The second kappa shape index (κ2) is 4.04. The molecule has 3 rings (SSSR count). The predicted octanol–water partition coefficient (Wildman–Crippen LogP) is 1.39.